The van der Waals surface area contributed by atoms with Crippen LogP contribution >= 0.6 is 12.2 Å². The molecular weight excluding hydrogens is 194 g/mol. The first-order valence-electron chi connectivity index (χ1n) is 4.24. The molecule has 0 radical (unpaired) electrons. The van der Waals surface area contributed by atoms with Gasteiger partial charge in [-0.1, -0.05) is 48.6 Å². The summed E-state index contributed by atoms with van der Waals surface area (Å²) in [6.07, 6.45) is 5.00. The van der Waals surface area contributed by atoms with Crippen molar-refractivity contribution in [1.82, 2.24) is 0 Å². The van der Waals surface area contributed by atoms with Crippen LogP contribution in [0, 0.1) is 0 Å². The Morgan fingerprint density at radius 2 is 2.00 bits per heavy atom. The van der Waals surface area contributed by atoms with Gasteiger partial charge in [-0.15, -0.1) is 0 Å². The van der Waals surface area contributed by atoms with Crippen LogP contribution in [0.15, 0.2) is 30.3 Å². The predicted octanol–water partition coefficient (Wildman–Crippen LogP) is 1.92. The van der Waals surface area contributed by atoms with Crippen molar-refractivity contribution in [3.63, 3.8) is 0 Å². The number of hydrogen-bond donors (Lipinski definition) is 1. The Morgan fingerprint density at radius 1 is 1.36 bits per heavy atom. The summed E-state index contributed by atoms with van der Waals surface area (Å²) in [5.41, 5.74) is 7.34. The molecule has 1 rings (SSSR count). The topological polar surface area (TPSA) is 43.1 Å². The quantitative estimate of drug-likeness (QED) is 0.603. The number of aldehydes is 1. The second-order valence-electron chi connectivity index (χ2n) is 2.79. The van der Waals surface area contributed by atoms with Gasteiger partial charge < -0.3 is 10.5 Å². The molecular formula is C11H11NOS. The Balaban J connectivity index is 2.73. The van der Waals surface area contributed by atoms with Gasteiger partial charge in [0.2, 0.25) is 0 Å². The molecule has 0 aliphatic rings. The van der Waals surface area contributed by atoms with Crippen molar-refractivity contribution in [3.05, 3.63) is 41.5 Å². The number of rotatable bonds is 4. The van der Waals surface area contributed by atoms with Crippen LogP contribution in [0.3, 0.4) is 0 Å². The molecule has 72 valence electrons. The van der Waals surface area contributed by atoms with Gasteiger partial charge in [0.05, 0.1) is 0 Å². The van der Waals surface area contributed by atoms with Crippen molar-refractivity contribution in [2.45, 2.75) is 6.42 Å². The van der Waals surface area contributed by atoms with Gasteiger partial charge in [0.25, 0.3) is 0 Å². The molecule has 1 aromatic carbocycles. The normalized spacial score (nSPS) is 10.3. The van der Waals surface area contributed by atoms with Crippen LogP contribution in [-0.2, 0) is 4.79 Å². The fourth-order valence-electron chi connectivity index (χ4n) is 1.02. The van der Waals surface area contributed by atoms with E-state index < -0.39 is 0 Å². The van der Waals surface area contributed by atoms with Gasteiger partial charge in [0, 0.05) is 12.0 Å². The first kappa shape index (κ1) is 10.6. The summed E-state index contributed by atoms with van der Waals surface area (Å²) >= 11 is 4.82. The molecule has 0 atom stereocenters. The van der Waals surface area contributed by atoms with Crippen molar-refractivity contribution < 1.29 is 4.79 Å². The van der Waals surface area contributed by atoms with E-state index in [9.17, 15) is 4.79 Å². The van der Waals surface area contributed by atoms with E-state index in [2.05, 4.69) is 0 Å². The van der Waals surface area contributed by atoms with Crippen molar-refractivity contribution in [2.75, 3.05) is 0 Å². The number of carbonyl (C=O) groups is 1. The number of benzene rings is 1. The summed E-state index contributed by atoms with van der Waals surface area (Å²) < 4.78 is 0. The van der Waals surface area contributed by atoms with Crippen LogP contribution in [0.1, 0.15) is 17.5 Å². The second kappa shape index (κ2) is 5.29. The number of hydrogen-bond acceptors (Lipinski definition) is 2. The summed E-state index contributed by atoms with van der Waals surface area (Å²) in [5.74, 6) is 0. The summed E-state index contributed by atoms with van der Waals surface area (Å²) in [4.78, 5) is 10.5. The Morgan fingerprint density at radius 3 is 2.50 bits per heavy atom. The SMILES string of the molecule is NC(=S)c1ccc(C=CCC=O)cc1. The average molecular weight is 205 g/mol. The Kier molecular flexibility index (Phi) is 4.01. The summed E-state index contributed by atoms with van der Waals surface area (Å²) in [6.45, 7) is 0. The summed E-state index contributed by atoms with van der Waals surface area (Å²) in [7, 11) is 0. The molecule has 2 nitrogen and oxygen atoms in total. The lowest BCUT2D eigenvalue weighted by atomic mass is 10.1. The zero-order valence-corrected chi connectivity index (χ0v) is 8.46. The van der Waals surface area contributed by atoms with Crippen molar-refractivity contribution in [1.29, 1.82) is 0 Å². The minimum atomic E-state index is 0.397. The summed E-state index contributed by atoms with van der Waals surface area (Å²) in [5, 5.41) is 0. The second-order valence-corrected chi connectivity index (χ2v) is 3.23. The molecule has 2 N–H and O–H groups in total. The van der Waals surface area contributed by atoms with E-state index in [0.717, 1.165) is 17.4 Å². The van der Waals surface area contributed by atoms with E-state index in [1.165, 1.54) is 0 Å². The highest BCUT2D eigenvalue weighted by Gasteiger charge is 1.93. The number of allylic oxidation sites excluding steroid dienone is 1. The van der Waals surface area contributed by atoms with Crippen molar-refractivity contribution in [2.24, 2.45) is 5.73 Å². The molecule has 0 bridgehead atoms. The lowest BCUT2D eigenvalue weighted by Gasteiger charge is -1.97. The number of carbonyl (C=O) groups excluding carboxylic acids is 1. The molecule has 0 spiro atoms. The molecule has 14 heavy (non-hydrogen) atoms. The smallest absolute Gasteiger partial charge is 0.123 e. The van der Waals surface area contributed by atoms with Crippen LogP contribution in [0.25, 0.3) is 6.08 Å². The molecule has 0 amide bonds. The highest BCUT2D eigenvalue weighted by atomic mass is 32.1. The monoisotopic (exact) mass is 205 g/mol. The van der Waals surface area contributed by atoms with E-state index in [1.807, 2.05) is 36.4 Å². The Bertz CT molecular complexity index is 354. The van der Waals surface area contributed by atoms with Gasteiger partial charge in [-0.05, 0) is 5.56 Å². The minimum Gasteiger partial charge on any atom is -0.389 e. The third-order valence-electron chi connectivity index (χ3n) is 1.74. The van der Waals surface area contributed by atoms with E-state index in [4.69, 9.17) is 18.0 Å². The molecule has 0 fully saturated rings. The van der Waals surface area contributed by atoms with Crippen LogP contribution in [0.2, 0.25) is 0 Å². The third kappa shape index (κ3) is 3.11. The van der Waals surface area contributed by atoms with E-state index in [-0.39, 0.29) is 0 Å². The van der Waals surface area contributed by atoms with Gasteiger partial charge in [0.15, 0.2) is 0 Å². The standard InChI is InChI=1S/C11H11NOS/c12-11(14)10-6-4-9(5-7-10)3-1-2-8-13/h1,3-8H,2H2,(H2,12,14). The molecule has 3 heteroatoms. The zero-order chi connectivity index (χ0) is 10.4. The van der Waals surface area contributed by atoms with E-state index in [0.29, 0.717) is 11.4 Å². The van der Waals surface area contributed by atoms with Crippen LogP contribution in [-0.4, -0.2) is 11.3 Å². The summed E-state index contributed by atoms with van der Waals surface area (Å²) in [6, 6.07) is 7.55. The molecule has 0 saturated heterocycles. The average Bonchev–Trinajstić information content (AvgIpc) is 2.19. The fourth-order valence-corrected chi connectivity index (χ4v) is 1.15. The van der Waals surface area contributed by atoms with E-state index in [1.54, 1.807) is 0 Å². The maximum atomic E-state index is 10.1. The maximum absolute atomic E-state index is 10.1. The Hall–Kier alpha value is -1.48. The minimum absolute atomic E-state index is 0.397. The molecule has 0 aliphatic heterocycles. The molecule has 0 aromatic heterocycles. The van der Waals surface area contributed by atoms with Crippen molar-refractivity contribution >= 4 is 29.6 Å². The van der Waals surface area contributed by atoms with Gasteiger partial charge in [-0.25, -0.2) is 0 Å². The van der Waals surface area contributed by atoms with Crippen LogP contribution in [0.5, 0.6) is 0 Å². The van der Waals surface area contributed by atoms with Crippen LogP contribution in [0.4, 0.5) is 0 Å². The maximum Gasteiger partial charge on any atom is 0.123 e. The first-order chi connectivity index (χ1) is 6.74. The van der Waals surface area contributed by atoms with E-state index >= 15 is 0 Å². The van der Waals surface area contributed by atoms with Gasteiger partial charge in [-0.3, -0.25) is 0 Å². The highest BCUT2D eigenvalue weighted by Crippen LogP contribution is 2.06. The Labute approximate surface area is 88.4 Å². The van der Waals surface area contributed by atoms with Gasteiger partial charge in [-0.2, -0.15) is 0 Å². The fraction of sp³-hybridized carbons (Fsp3) is 0.0909. The molecule has 1 aromatic rings. The van der Waals surface area contributed by atoms with Crippen LogP contribution < -0.4 is 5.73 Å². The van der Waals surface area contributed by atoms with Gasteiger partial charge >= 0.3 is 0 Å². The number of thiocarbonyl (C=S) groups is 1. The third-order valence-corrected chi connectivity index (χ3v) is 1.97. The molecule has 0 aliphatic carbocycles. The zero-order valence-electron chi connectivity index (χ0n) is 7.64. The first-order valence-corrected chi connectivity index (χ1v) is 4.65. The molecule has 0 unspecified atom stereocenters. The molecule has 0 heterocycles. The van der Waals surface area contributed by atoms with Gasteiger partial charge in [0.1, 0.15) is 11.3 Å². The lowest BCUT2D eigenvalue weighted by Crippen LogP contribution is -2.08. The predicted molar refractivity (Wildman–Crippen MR) is 62.0 cm³/mol. The lowest BCUT2D eigenvalue weighted by molar-refractivity contribution is -0.107. The number of nitrogens with two attached hydrogens (primary N) is 1. The largest absolute Gasteiger partial charge is 0.389 e. The molecule has 0 saturated carbocycles. The highest BCUT2D eigenvalue weighted by molar-refractivity contribution is 7.80. The van der Waals surface area contributed by atoms with Crippen molar-refractivity contribution in [3.8, 4) is 0 Å².